The van der Waals surface area contributed by atoms with Gasteiger partial charge in [-0.05, 0) is 52.3 Å². The molecule has 2 aromatic rings. The molecule has 6 heteroatoms. The Kier molecular flexibility index (Phi) is 6.07. The molecule has 0 saturated heterocycles. The molecule has 2 atom stereocenters. The van der Waals surface area contributed by atoms with Gasteiger partial charge in [-0.15, -0.1) is 0 Å². The minimum atomic E-state index is -0.213. The first-order valence-electron chi connectivity index (χ1n) is 8.55. The molecule has 2 rings (SSSR count). The number of ether oxygens (including phenoxy) is 1. The Labute approximate surface area is 149 Å². The van der Waals surface area contributed by atoms with E-state index in [0.29, 0.717) is 6.54 Å². The zero-order valence-electron chi connectivity index (χ0n) is 15.9. The lowest BCUT2D eigenvalue weighted by molar-refractivity contribution is 0.206. The number of rotatable bonds is 6. The van der Waals surface area contributed by atoms with Crippen LogP contribution in [0, 0.1) is 20.8 Å². The van der Waals surface area contributed by atoms with Crippen LogP contribution in [0.1, 0.15) is 42.4 Å². The van der Waals surface area contributed by atoms with Gasteiger partial charge in [-0.25, -0.2) is 4.79 Å². The number of aromatic nitrogens is 2. The quantitative estimate of drug-likeness (QED) is 0.846. The summed E-state index contributed by atoms with van der Waals surface area (Å²) in [5.41, 5.74) is 4.19. The van der Waals surface area contributed by atoms with E-state index >= 15 is 0 Å². The second-order valence-electron chi connectivity index (χ2n) is 6.53. The number of carbonyl (C=O) groups is 1. The standard InChI is InChI=1S/C19H28N4O2/c1-12-8-7-9-17(10-12)25-13(2)11-20-19(24)21-14(3)18-15(4)22-23(6)16(18)5/h7-10,13-14H,11H2,1-6H3,(H2,20,21,24)/t13-,14+/m1/s1. The molecule has 2 amide bonds. The molecular formula is C19H28N4O2. The van der Waals surface area contributed by atoms with Crippen molar-refractivity contribution in [1.29, 1.82) is 0 Å². The third-order valence-electron chi connectivity index (χ3n) is 4.22. The summed E-state index contributed by atoms with van der Waals surface area (Å²) < 4.78 is 7.65. The SMILES string of the molecule is Cc1cccc(O[C@H](C)CNC(=O)N[C@@H](C)c2c(C)nn(C)c2C)c1. The van der Waals surface area contributed by atoms with Crippen LogP contribution in [0.15, 0.2) is 24.3 Å². The van der Waals surface area contributed by atoms with Crippen molar-refractivity contribution in [3.63, 3.8) is 0 Å². The molecule has 2 N–H and O–H groups in total. The molecule has 0 aliphatic heterocycles. The molecule has 1 heterocycles. The highest BCUT2D eigenvalue weighted by molar-refractivity contribution is 5.74. The van der Waals surface area contributed by atoms with Gasteiger partial charge in [0.1, 0.15) is 11.9 Å². The Hall–Kier alpha value is -2.50. The van der Waals surface area contributed by atoms with Gasteiger partial charge in [-0.3, -0.25) is 4.68 Å². The largest absolute Gasteiger partial charge is 0.489 e. The third kappa shape index (κ3) is 4.98. The van der Waals surface area contributed by atoms with E-state index in [9.17, 15) is 4.79 Å². The molecule has 0 radical (unpaired) electrons. The van der Waals surface area contributed by atoms with E-state index in [-0.39, 0.29) is 18.2 Å². The fourth-order valence-corrected chi connectivity index (χ4v) is 2.94. The lowest BCUT2D eigenvalue weighted by atomic mass is 10.1. The predicted octanol–water partition coefficient (Wildman–Crippen LogP) is 3.17. The fourth-order valence-electron chi connectivity index (χ4n) is 2.94. The molecule has 0 spiro atoms. The number of benzene rings is 1. The highest BCUT2D eigenvalue weighted by Crippen LogP contribution is 2.20. The molecule has 136 valence electrons. The molecule has 0 bridgehead atoms. The van der Waals surface area contributed by atoms with Gasteiger partial charge in [0.05, 0.1) is 18.3 Å². The van der Waals surface area contributed by atoms with Gasteiger partial charge < -0.3 is 15.4 Å². The lowest BCUT2D eigenvalue weighted by Gasteiger charge is -2.18. The summed E-state index contributed by atoms with van der Waals surface area (Å²) in [5, 5.41) is 10.2. The van der Waals surface area contributed by atoms with Gasteiger partial charge >= 0.3 is 6.03 Å². The van der Waals surface area contributed by atoms with Crippen LogP contribution in [0.2, 0.25) is 0 Å². The summed E-state index contributed by atoms with van der Waals surface area (Å²) in [5.74, 6) is 0.810. The maximum absolute atomic E-state index is 12.2. The molecule has 1 aromatic heterocycles. The normalized spacial score (nSPS) is 13.2. The highest BCUT2D eigenvalue weighted by Gasteiger charge is 2.18. The second kappa shape index (κ2) is 8.05. The predicted molar refractivity (Wildman–Crippen MR) is 98.9 cm³/mol. The Bertz CT molecular complexity index is 739. The van der Waals surface area contributed by atoms with Gasteiger partial charge in [0.15, 0.2) is 0 Å². The van der Waals surface area contributed by atoms with E-state index in [2.05, 4.69) is 15.7 Å². The summed E-state index contributed by atoms with van der Waals surface area (Å²) in [6.07, 6.45) is -0.121. The zero-order chi connectivity index (χ0) is 18.6. The number of amides is 2. The molecule has 1 aromatic carbocycles. The van der Waals surface area contributed by atoms with E-state index in [0.717, 1.165) is 28.3 Å². The maximum Gasteiger partial charge on any atom is 0.315 e. The Morgan fingerprint density at radius 2 is 2.00 bits per heavy atom. The van der Waals surface area contributed by atoms with Crippen LogP contribution in [0.4, 0.5) is 4.79 Å². The minimum Gasteiger partial charge on any atom is -0.489 e. The van der Waals surface area contributed by atoms with Crippen LogP contribution >= 0.6 is 0 Å². The monoisotopic (exact) mass is 344 g/mol. The molecule has 0 aliphatic carbocycles. The first-order chi connectivity index (χ1) is 11.8. The summed E-state index contributed by atoms with van der Waals surface area (Å²) in [4.78, 5) is 12.2. The molecule has 0 aliphatic rings. The van der Waals surface area contributed by atoms with Crippen LogP contribution in [-0.2, 0) is 7.05 Å². The lowest BCUT2D eigenvalue weighted by Crippen LogP contribution is -2.41. The summed E-state index contributed by atoms with van der Waals surface area (Å²) in [6.45, 7) is 10.3. The van der Waals surface area contributed by atoms with Gasteiger partial charge in [0.25, 0.3) is 0 Å². The van der Waals surface area contributed by atoms with Gasteiger partial charge in [-0.2, -0.15) is 5.10 Å². The third-order valence-corrected chi connectivity index (χ3v) is 4.22. The van der Waals surface area contributed by atoms with E-state index in [1.165, 1.54) is 0 Å². The number of urea groups is 1. The molecular weight excluding hydrogens is 316 g/mol. The van der Waals surface area contributed by atoms with Crippen molar-refractivity contribution in [2.75, 3.05) is 6.54 Å². The summed E-state index contributed by atoms with van der Waals surface area (Å²) in [7, 11) is 1.91. The minimum absolute atomic E-state index is 0.110. The van der Waals surface area contributed by atoms with Crippen LogP contribution < -0.4 is 15.4 Å². The number of hydrogen-bond acceptors (Lipinski definition) is 3. The average molecular weight is 344 g/mol. The number of aryl methyl sites for hydroxylation is 3. The summed E-state index contributed by atoms with van der Waals surface area (Å²) >= 11 is 0. The number of hydrogen-bond donors (Lipinski definition) is 2. The summed E-state index contributed by atoms with van der Waals surface area (Å²) in [6, 6.07) is 7.55. The topological polar surface area (TPSA) is 68.2 Å². The van der Waals surface area contributed by atoms with Crippen molar-refractivity contribution in [1.82, 2.24) is 20.4 Å². The van der Waals surface area contributed by atoms with Crippen LogP contribution in [0.5, 0.6) is 5.75 Å². The number of nitrogens with one attached hydrogen (secondary N) is 2. The Morgan fingerprint density at radius 1 is 1.28 bits per heavy atom. The average Bonchev–Trinajstić information content (AvgIpc) is 2.78. The zero-order valence-corrected chi connectivity index (χ0v) is 15.9. The second-order valence-corrected chi connectivity index (χ2v) is 6.53. The molecule has 0 saturated carbocycles. The molecule has 0 unspecified atom stereocenters. The van der Waals surface area contributed by atoms with Gasteiger partial charge in [0.2, 0.25) is 0 Å². The Morgan fingerprint density at radius 3 is 2.60 bits per heavy atom. The van der Waals surface area contributed by atoms with Crippen molar-refractivity contribution in [3.05, 3.63) is 46.8 Å². The van der Waals surface area contributed by atoms with Gasteiger partial charge in [-0.1, -0.05) is 12.1 Å². The smallest absolute Gasteiger partial charge is 0.315 e. The van der Waals surface area contributed by atoms with Crippen molar-refractivity contribution in [2.24, 2.45) is 7.05 Å². The molecule has 0 fully saturated rings. The van der Waals surface area contributed by atoms with Crippen molar-refractivity contribution >= 4 is 6.03 Å². The van der Waals surface area contributed by atoms with Crippen molar-refractivity contribution in [3.8, 4) is 5.75 Å². The van der Waals surface area contributed by atoms with E-state index < -0.39 is 0 Å². The first-order valence-corrected chi connectivity index (χ1v) is 8.55. The van der Waals surface area contributed by atoms with Crippen LogP contribution in [-0.4, -0.2) is 28.5 Å². The van der Waals surface area contributed by atoms with E-state index in [1.54, 1.807) is 0 Å². The fraction of sp³-hybridized carbons (Fsp3) is 0.474. The number of nitrogens with zero attached hydrogens (tertiary/aromatic N) is 2. The Balaban J connectivity index is 1.83. The highest BCUT2D eigenvalue weighted by atomic mass is 16.5. The van der Waals surface area contributed by atoms with Crippen molar-refractivity contribution < 1.29 is 9.53 Å². The van der Waals surface area contributed by atoms with E-state index in [4.69, 9.17) is 4.74 Å². The number of carbonyl (C=O) groups excluding carboxylic acids is 1. The van der Waals surface area contributed by atoms with Gasteiger partial charge in [0, 0.05) is 18.3 Å². The maximum atomic E-state index is 12.2. The van der Waals surface area contributed by atoms with Crippen molar-refractivity contribution in [2.45, 2.75) is 46.8 Å². The molecule has 6 nitrogen and oxygen atoms in total. The molecule has 25 heavy (non-hydrogen) atoms. The first kappa shape index (κ1) is 18.8. The van der Waals surface area contributed by atoms with Crippen LogP contribution in [0.25, 0.3) is 0 Å². The van der Waals surface area contributed by atoms with E-state index in [1.807, 2.05) is 70.6 Å². The van der Waals surface area contributed by atoms with Crippen LogP contribution in [0.3, 0.4) is 0 Å².